The Bertz CT molecular complexity index is 415. The molecule has 0 fully saturated rings. The molecule has 1 N–H and O–H groups in total. The molecule has 0 aromatic carbocycles. The van der Waals surface area contributed by atoms with Crippen LogP contribution in [-0.4, -0.2) is 11.1 Å². The van der Waals surface area contributed by atoms with E-state index in [2.05, 4.69) is 32.9 Å². The van der Waals surface area contributed by atoms with Crippen LogP contribution in [0, 0.1) is 0 Å². The van der Waals surface area contributed by atoms with E-state index >= 15 is 0 Å². The molecular formula is C35H70O2. The summed E-state index contributed by atoms with van der Waals surface area (Å²) in [5, 5.41) is 8.51. The molecule has 0 saturated carbocycles. The summed E-state index contributed by atoms with van der Waals surface area (Å²) in [5.74, 6) is -0.664. The van der Waals surface area contributed by atoms with Gasteiger partial charge in [-0.2, -0.15) is 0 Å². The first-order chi connectivity index (χ1) is 18.2. The van der Waals surface area contributed by atoms with Crippen LogP contribution < -0.4 is 0 Å². The van der Waals surface area contributed by atoms with Crippen molar-refractivity contribution < 1.29 is 9.90 Å². The van der Waals surface area contributed by atoms with Gasteiger partial charge in [-0.05, 0) is 32.1 Å². The van der Waals surface area contributed by atoms with Crippen LogP contribution in [0.1, 0.15) is 207 Å². The zero-order valence-corrected chi connectivity index (χ0v) is 26.0. The minimum absolute atomic E-state index is 0.332. The highest BCUT2D eigenvalue weighted by Gasteiger charge is 1.96. The number of carboxylic acid groups (broad SMARTS) is 1. The van der Waals surface area contributed by atoms with Crippen molar-refractivity contribution in [2.75, 3.05) is 0 Å². The van der Waals surface area contributed by atoms with Gasteiger partial charge in [0.2, 0.25) is 0 Å². The molecule has 0 bridgehead atoms. The predicted octanol–water partition coefficient (Wildman–Crippen LogP) is 13.0. The lowest BCUT2D eigenvalue weighted by atomic mass is 10.0. The van der Waals surface area contributed by atoms with Crippen LogP contribution in [0.15, 0.2) is 12.2 Å². The highest BCUT2D eigenvalue weighted by molar-refractivity contribution is 5.66. The normalized spacial score (nSPS) is 11.1. The number of aliphatic carboxylic acids is 1. The Labute approximate surface area is 234 Å². The van der Waals surface area contributed by atoms with E-state index in [9.17, 15) is 4.79 Å². The summed E-state index contributed by atoms with van der Waals surface area (Å²) in [5.41, 5.74) is 0. The van der Waals surface area contributed by atoms with Crippen LogP contribution in [0.5, 0.6) is 0 Å². The van der Waals surface area contributed by atoms with Gasteiger partial charge >= 0.3 is 5.97 Å². The third-order valence-corrected chi connectivity index (χ3v) is 7.36. The Morgan fingerprint density at radius 1 is 0.405 bits per heavy atom. The van der Waals surface area contributed by atoms with E-state index in [4.69, 9.17) is 5.11 Å². The van der Waals surface area contributed by atoms with Crippen molar-refractivity contribution in [3.63, 3.8) is 0 Å². The molecule has 0 unspecified atom stereocenters. The fourth-order valence-electron chi connectivity index (χ4n) is 4.79. The lowest BCUT2D eigenvalue weighted by molar-refractivity contribution is -0.137. The molecule has 0 rings (SSSR count). The zero-order valence-electron chi connectivity index (χ0n) is 26.0. The Balaban J connectivity index is 0. The molecule has 0 aliphatic rings. The number of hydrogen-bond donors (Lipinski definition) is 1. The third-order valence-electron chi connectivity index (χ3n) is 7.36. The van der Waals surface area contributed by atoms with Crippen LogP contribution >= 0.6 is 0 Å². The van der Waals surface area contributed by atoms with Crippen molar-refractivity contribution in [1.82, 2.24) is 0 Å². The molecule has 0 aliphatic carbocycles. The van der Waals surface area contributed by atoms with E-state index in [1.54, 1.807) is 0 Å². The van der Waals surface area contributed by atoms with Crippen molar-refractivity contribution in [3.8, 4) is 0 Å². The number of carbonyl (C=O) groups is 1. The summed E-state index contributed by atoms with van der Waals surface area (Å²) in [6.45, 7) is 6.84. The van der Waals surface area contributed by atoms with Gasteiger partial charge in [-0.15, -0.1) is 0 Å². The molecular weight excluding hydrogens is 452 g/mol. The number of rotatable bonds is 29. The number of unbranched alkanes of at least 4 members (excludes halogenated alkanes) is 25. The Hall–Kier alpha value is -0.790. The summed E-state index contributed by atoms with van der Waals surface area (Å²) in [6, 6.07) is 0. The topological polar surface area (TPSA) is 37.3 Å². The maximum absolute atomic E-state index is 10.3. The summed E-state index contributed by atoms with van der Waals surface area (Å²) >= 11 is 0. The number of hydrogen-bond acceptors (Lipinski definition) is 1. The second kappa shape index (κ2) is 37.4. The molecule has 0 aromatic heterocycles. The lowest BCUT2D eigenvalue weighted by Gasteiger charge is -2.02. The van der Waals surface area contributed by atoms with Crippen molar-refractivity contribution in [3.05, 3.63) is 12.2 Å². The Kier molecular flexibility index (Phi) is 38.7. The van der Waals surface area contributed by atoms with Gasteiger partial charge in [-0.25, -0.2) is 0 Å². The quantitative estimate of drug-likeness (QED) is 0.0783. The highest BCUT2D eigenvalue weighted by atomic mass is 16.4. The first-order valence-corrected chi connectivity index (χ1v) is 17.1. The minimum atomic E-state index is -0.664. The molecule has 2 heteroatoms. The maximum atomic E-state index is 10.3. The van der Waals surface area contributed by atoms with Gasteiger partial charge in [0.05, 0.1) is 0 Å². The molecule has 0 aromatic rings. The first-order valence-electron chi connectivity index (χ1n) is 17.1. The monoisotopic (exact) mass is 523 g/mol. The first kappa shape index (κ1) is 38.4. The van der Waals surface area contributed by atoms with E-state index in [0.717, 1.165) is 12.8 Å². The highest BCUT2D eigenvalue weighted by Crippen LogP contribution is 2.13. The van der Waals surface area contributed by atoms with Crippen LogP contribution in [-0.2, 0) is 4.79 Å². The van der Waals surface area contributed by atoms with Crippen molar-refractivity contribution in [2.24, 2.45) is 0 Å². The van der Waals surface area contributed by atoms with Crippen molar-refractivity contribution >= 4 is 5.97 Å². The zero-order chi connectivity index (χ0) is 27.5. The van der Waals surface area contributed by atoms with Gasteiger partial charge in [0.25, 0.3) is 0 Å². The fourth-order valence-corrected chi connectivity index (χ4v) is 4.79. The Morgan fingerprint density at radius 3 is 0.919 bits per heavy atom. The van der Waals surface area contributed by atoms with E-state index < -0.39 is 5.97 Å². The van der Waals surface area contributed by atoms with E-state index in [1.165, 1.54) is 167 Å². The second-order valence-corrected chi connectivity index (χ2v) is 11.3. The fraction of sp³-hybridized carbons (Fsp3) is 0.914. The van der Waals surface area contributed by atoms with Crippen LogP contribution in [0.4, 0.5) is 0 Å². The van der Waals surface area contributed by atoms with E-state index in [0.29, 0.717) is 6.42 Å². The second-order valence-electron chi connectivity index (χ2n) is 11.3. The molecule has 0 spiro atoms. The van der Waals surface area contributed by atoms with Crippen LogP contribution in [0.2, 0.25) is 0 Å². The molecule has 0 saturated heterocycles. The van der Waals surface area contributed by atoms with Crippen molar-refractivity contribution in [2.45, 2.75) is 207 Å². The van der Waals surface area contributed by atoms with Gasteiger partial charge in [0.15, 0.2) is 0 Å². The maximum Gasteiger partial charge on any atom is 0.303 e. The van der Waals surface area contributed by atoms with Crippen molar-refractivity contribution in [1.29, 1.82) is 0 Å². The average Bonchev–Trinajstić information content (AvgIpc) is 2.89. The summed E-state index contributed by atoms with van der Waals surface area (Å²) in [4.78, 5) is 10.3. The van der Waals surface area contributed by atoms with E-state index in [-0.39, 0.29) is 0 Å². The molecule has 0 radical (unpaired) electrons. The smallest absolute Gasteiger partial charge is 0.303 e. The average molecular weight is 523 g/mol. The minimum Gasteiger partial charge on any atom is -0.481 e. The largest absolute Gasteiger partial charge is 0.481 e. The lowest BCUT2D eigenvalue weighted by Crippen LogP contribution is -1.93. The molecule has 0 heterocycles. The standard InChI is InChI=1S/C18H34O2.C17H36/c1-2-3-4-5-6-7-8-9-10-11-12-13-14-15-16-17-18(19)20;1-3-5-7-9-11-13-15-17-16-14-12-10-8-6-4-2/h9-10H,2-8,11-17H2,1H3,(H,19,20);3-17H2,1-2H3/b10-9-;. The molecule has 2 nitrogen and oxygen atoms in total. The van der Waals surface area contributed by atoms with Crippen LogP contribution in [0.3, 0.4) is 0 Å². The van der Waals surface area contributed by atoms with Gasteiger partial charge < -0.3 is 5.11 Å². The third kappa shape index (κ3) is 42.6. The molecule has 0 amide bonds. The van der Waals surface area contributed by atoms with Crippen LogP contribution in [0.25, 0.3) is 0 Å². The number of carboxylic acids is 1. The predicted molar refractivity (Wildman–Crippen MR) is 168 cm³/mol. The van der Waals surface area contributed by atoms with Gasteiger partial charge in [0.1, 0.15) is 0 Å². The Morgan fingerprint density at radius 2 is 0.649 bits per heavy atom. The number of allylic oxidation sites excluding steroid dienone is 2. The SMILES string of the molecule is CCCCCCCC/C=C\CCCCCCCC(=O)O.CCCCCCCCCCCCCCCCC. The molecule has 222 valence electrons. The summed E-state index contributed by atoms with van der Waals surface area (Å²) < 4.78 is 0. The molecule has 0 atom stereocenters. The molecule has 37 heavy (non-hydrogen) atoms. The summed E-state index contributed by atoms with van der Waals surface area (Å²) in [6.07, 6.45) is 43.2. The summed E-state index contributed by atoms with van der Waals surface area (Å²) in [7, 11) is 0. The molecule has 0 aliphatic heterocycles. The van der Waals surface area contributed by atoms with Gasteiger partial charge in [-0.1, -0.05) is 181 Å². The van der Waals surface area contributed by atoms with E-state index in [1.807, 2.05) is 0 Å². The van der Waals surface area contributed by atoms with Gasteiger partial charge in [0, 0.05) is 6.42 Å². The van der Waals surface area contributed by atoms with Gasteiger partial charge in [-0.3, -0.25) is 4.79 Å².